The summed E-state index contributed by atoms with van der Waals surface area (Å²) in [6, 6.07) is 9.37. The van der Waals surface area contributed by atoms with Crippen molar-refractivity contribution < 1.29 is 22.3 Å². The molecule has 1 saturated carbocycles. The smallest absolute Gasteiger partial charge is 0.135 e. The zero-order valence-corrected chi connectivity index (χ0v) is 23.0. The summed E-state index contributed by atoms with van der Waals surface area (Å²) in [5.74, 6) is -1.29. The molecular formula is C31H37F4N3O. The normalized spacial score (nSPS) is 24.4. The van der Waals surface area contributed by atoms with E-state index in [1.807, 2.05) is 36.1 Å². The van der Waals surface area contributed by atoms with E-state index in [1.165, 1.54) is 26.0 Å². The number of hydrogen-bond donors (Lipinski definition) is 1. The van der Waals surface area contributed by atoms with E-state index in [1.54, 1.807) is 6.92 Å². The maximum Gasteiger partial charge on any atom is 0.135 e. The minimum Gasteiger partial charge on any atom is -0.488 e. The number of hydrogen-bond acceptors (Lipinski definition) is 3. The summed E-state index contributed by atoms with van der Waals surface area (Å²) in [5, 5.41) is 1.02. The van der Waals surface area contributed by atoms with E-state index < -0.39 is 29.5 Å². The van der Waals surface area contributed by atoms with Gasteiger partial charge in [-0.3, -0.25) is 9.80 Å². The van der Waals surface area contributed by atoms with Crippen molar-refractivity contribution in [3.05, 3.63) is 64.9 Å². The van der Waals surface area contributed by atoms with Gasteiger partial charge < -0.3 is 9.72 Å². The summed E-state index contributed by atoms with van der Waals surface area (Å²) in [5.41, 5.74) is 0.724. The number of fused-ring (bicyclic) bond motifs is 3. The highest BCUT2D eigenvalue weighted by molar-refractivity contribution is 5.85. The molecule has 0 radical (unpaired) electrons. The molecule has 210 valence electrons. The standard InChI is InChI=1S/C31H37F4N3O/c1-18-11-23-22-7-5-6-8-26(22)36-28(23)29(38(18)16-30(3,4)35)27-24(33)12-20(13-25(27)34)39-21-14-37(15-21)17-31(9-10-31)19(2)32/h5-8,12-13,18-19,21,29,36H,9-11,14-17H2,1-4H3/t18-,19?,29-/m1/s1. The van der Waals surface area contributed by atoms with Crippen molar-refractivity contribution in [3.8, 4) is 5.75 Å². The number of para-hydroxylation sites is 1. The third-order valence-electron chi connectivity index (χ3n) is 8.90. The largest absolute Gasteiger partial charge is 0.488 e. The first kappa shape index (κ1) is 26.6. The van der Waals surface area contributed by atoms with Gasteiger partial charge in [-0.05, 0) is 58.6 Å². The zero-order chi connectivity index (χ0) is 27.7. The molecule has 3 heterocycles. The summed E-state index contributed by atoms with van der Waals surface area (Å²) in [6.07, 6.45) is 1.42. The second kappa shape index (κ2) is 9.51. The van der Waals surface area contributed by atoms with Crippen LogP contribution < -0.4 is 4.74 Å². The molecular weight excluding hydrogens is 506 g/mol. The van der Waals surface area contributed by atoms with Gasteiger partial charge in [0.15, 0.2) is 0 Å². The van der Waals surface area contributed by atoms with Gasteiger partial charge in [0.05, 0.1) is 6.04 Å². The predicted molar refractivity (Wildman–Crippen MR) is 145 cm³/mol. The molecule has 4 nitrogen and oxygen atoms in total. The van der Waals surface area contributed by atoms with Crippen molar-refractivity contribution in [1.82, 2.24) is 14.8 Å². The molecule has 0 amide bonds. The molecule has 1 saturated heterocycles. The van der Waals surface area contributed by atoms with E-state index in [9.17, 15) is 8.78 Å². The van der Waals surface area contributed by atoms with Crippen LogP contribution in [0.5, 0.6) is 5.75 Å². The molecule has 3 atom stereocenters. The Bertz CT molecular complexity index is 1350. The van der Waals surface area contributed by atoms with Crippen LogP contribution in [0.3, 0.4) is 0 Å². The van der Waals surface area contributed by atoms with Gasteiger partial charge in [-0.25, -0.2) is 17.6 Å². The second-order valence-corrected chi connectivity index (χ2v) is 12.6. The van der Waals surface area contributed by atoms with E-state index in [2.05, 4.69) is 9.88 Å². The quantitative estimate of drug-likeness (QED) is 0.320. The van der Waals surface area contributed by atoms with Crippen LogP contribution in [0.4, 0.5) is 17.6 Å². The molecule has 1 unspecified atom stereocenters. The number of likely N-dealkylation sites (tertiary alicyclic amines) is 1. The maximum absolute atomic E-state index is 15.8. The van der Waals surface area contributed by atoms with Crippen LogP contribution in [-0.2, 0) is 6.42 Å². The Balaban J connectivity index is 1.28. The summed E-state index contributed by atoms with van der Waals surface area (Å²) >= 11 is 0. The van der Waals surface area contributed by atoms with Gasteiger partial charge in [0.2, 0.25) is 0 Å². The third-order valence-corrected chi connectivity index (χ3v) is 8.90. The topological polar surface area (TPSA) is 31.5 Å². The first-order valence-electron chi connectivity index (χ1n) is 14.0. The lowest BCUT2D eigenvalue weighted by molar-refractivity contribution is -0.00265. The molecule has 39 heavy (non-hydrogen) atoms. The van der Waals surface area contributed by atoms with Gasteiger partial charge >= 0.3 is 0 Å². The van der Waals surface area contributed by atoms with E-state index in [-0.39, 0.29) is 35.4 Å². The minimum absolute atomic E-state index is 0.0294. The maximum atomic E-state index is 15.8. The average Bonchev–Trinajstić information content (AvgIpc) is 3.53. The Hall–Kier alpha value is -2.58. The third kappa shape index (κ3) is 4.95. The highest BCUT2D eigenvalue weighted by Gasteiger charge is 2.50. The van der Waals surface area contributed by atoms with Crippen molar-refractivity contribution >= 4 is 10.9 Å². The van der Waals surface area contributed by atoms with Crippen molar-refractivity contribution in [2.24, 2.45) is 5.41 Å². The molecule has 8 heteroatoms. The highest BCUT2D eigenvalue weighted by Crippen LogP contribution is 2.51. The average molecular weight is 544 g/mol. The fourth-order valence-corrected chi connectivity index (χ4v) is 6.60. The van der Waals surface area contributed by atoms with Gasteiger partial charge in [-0.1, -0.05) is 18.2 Å². The van der Waals surface area contributed by atoms with Crippen molar-refractivity contribution in [2.45, 2.75) is 77.0 Å². The van der Waals surface area contributed by atoms with Gasteiger partial charge in [-0.2, -0.15) is 0 Å². The fourth-order valence-electron chi connectivity index (χ4n) is 6.60. The van der Waals surface area contributed by atoms with Crippen LogP contribution in [0.25, 0.3) is 10.9 Å². The number of benzene rings is 2. The van der Waals surface area contributed by atoms with E-state index in [0.717, 1.165) is 29.3 Å². The summed E-state index contributed by atoms with van der Waals surface area (Å²) in [7, 11) is 0. The predicted octanol–water partition coefficient (Wildman–Crippen LogP) is 6.73. The Morgan fingerprint density at radius 3 is 2.41 bits per heavy atom. The van der Waals surface area contributed by atoms with Crippen LogP contribution in [0.15, 0.2) is 36.4 Å². The molecule has 2 aliphatic heterocycles. The lowest BCUT2D eigenvalue weighted by atomic mass is 9.87. The molecule has 0 bridgehead atoms. The van der Waals surface area contributed by atoms with Crippen molar-refractivity contribution in [3.63, 3.8) is 0 Å². The number of rotatable bonds is 8. The van der Waals surface area contributed by atoms with Crippen molar-refractivity contribution in [1.29, 1.82) is 0 Å². The number of nitrogens with one attached hydrogen (secondary N) is 1. The number of aromatic amines is 1. The number of halogens is 4. The number of alkyl halides is 2. The van der Waals surface area contributed by atoms with Gasteiger partial charge in [0.25, 0.3) is 0 Å². The lowest BCUT2D eigenvalue weighted by Gasteiger charge is -2.43. The Labute approximate surface area is 227 Å². The van der Waals surface area contributed by atoms with E-state index in [4.69, 9.17) is 4.74 Å². The zero-order valence-electron chi connectivity index (χ0n) is 23.0. The van der Waals surface area contributed by atoms with Crippen LogP contribution in [0.1, 0.15) is 63.4 Å². The van der Waals surface area contributed by atoms with Crippen LogP contribution in [-0.4, -0.2) is 64.9 Å². The van der Waals surface area contributed by atoms with E-state index in [0.29, 0.717) is 31.7 Å². The van der Waals surface area contributed by atoms with E-state index >= 15 is 8.78 Å². The second-order valence-electron chi connectivity index (χ2n) is 12.6. The van der Waals surface area contributed by atoms with Gasteiger partial charge in [-0.15, -0.1) is 0 Å². The molecule has 3 aliphatic rings. The molecule has 2 fully saturated rings. The molecule has 0 spiro atoms. The summed E-state index contributed by atoms with van der Waals surface area (Å²) in [4.78, 5) is 7.41. The van der Waals surface area contributed by atoms with Gasteiger partial charge in [0.1, 0.15) is 35.3 Å². The number of H-pyrrole nitrogens is 1. The highest BCUT2D eigenvalue weighted by atomic mass is 19.1. The lowest BCUT2D eigenvalue weighted by Crippen LogP contribution is -2.56. The summed E-state index contributed by atoms with van der Waals surface area (Å²) < 4.78 is 66.5. The van der Waals surface area contributed by atoms with Crippen LogP contribution >= 0.6 is 0 Å². The molecule has 2 aromatic carbocycles. The number of nitrogens with zero attached hydrogens (tertiary/aromatic N) is 2. The molecule has 1 aliphatic carbocycles. The fraction of sp³-hybridized carbons (Fsp3) is 0.548. The van der Waals surface area contributed by atoms with Crippen LogP contribution in [0, 0.1) is 17.0 Å². The molecule has 6 rings (SSSR count). The Kier molecular flexibility index (Phi) is 6.50. The monoisotopic (exact) mass is 543 g/mol. The number of ether oxygens (including phenoxy) is 1. The van der Waals surface area contributed by atoms with Gasteiger partial charge in [0, 0.05) is 71.9 Å². The molecule has 1 N–H and O–H groups in total. The van der Waals surface area contributed by atoms with Crippen LogP contribution in [0.2, 0.25) is 0 Å². The first-order valence-corrected chi connectivity index (χ1v) is 14.0. The number of aromatic nitrogens is 1. The summed E-state index contributed by atoms with van der Waals surface area (Å²) in [6.45, 7) is 8.52. The first-order chi connectivity index (χ1) is 18.4. The molecule has 3 aromatic rings. The Morgan fingerprint density at radius 2 is 1.79 bits per heavy atom. The Morgan fingerprint density at radius 1 is 1.13 bits per heavy atom. The van der Waals surface area contributed by atoms with Crippen molar-refractivity contribution in [2.75, 3.05) is 26.2 Å². The SMILES string of the molecule is CC(F)C1(CN2CC(Oc3cc(F)c([C@@H]4c5[nH]c6ccccc6c5C[C@@H](C)N4CC(C)(C)F)c(F)c3)C2)CC1. The minimum atomic E-state index is -1.55. The molecule has 1 aromatic heterocycles.